The van der Waals surface area contributed by atoms with Gasteiger partial charge in [-0.25, -0.2) is 13.4 Å². The molecule has 6 nitrogen and oxygen atoms in total. The zero-order chi connectivity index (χ0) is 15.2. The number of carbonyl (C=O) groups is 1. The van der Waals surface area contributed by atoms with Gasteiger partial charge >= 0.3 is 5.97 Å². The summed E-state index contributed by atoms with van der Waals surface area (Å²) in [5.74, 6) is -0.250. The number of aromatic nitrogens is 2. The summed E-state index contributed by atoms with van der Waals surface area (Å²) in [6.45, 7) is 2.45. The van der Waals surface area contributed by atoms with Crippen LogP contribution in [0.3, 0.4) is 0 Å². The number of rotatable bonds is 3. The number of carbonyl (C=O) groups excluding carboxylic acids is 1. The highest BCUT2D eigenvalue weighted by Gasteiger charge is 2.29. The summed E-state index contributed by atoms with van der Waals surface area (Å²) in [6, 6.07) is 3.57. The average molecular weight is 308 g/mol. The Morgan fingerprint density at radius 2 is 2.29 bits per heavy atom. The van der Waals surface area contributed by atoms with E-state index in [4.69, 9.17) is 4.74 Å². The summed E-state index contributed by atoms with van der Waals surface area (Å²) in [5, 5.41) is 0.662. The molecular formula is C14H16N2O4S. The standard InChI is InChI=1S/C14H16N2O4S/c1-3-13(17)20-12-5-7-16-10-4-6-15-14(21(2,18)19)9(10)8-11(12)16/h4,6,8,12H,3,5,7H2,1-2H3. The van der Waals surface area contributed by atoms with Crippen molar-refractivity contribution in [3.05, 3.63) is 24.0 Å². The van der Waals surface area contributed by atoms with E-state index in [0.717, 1.165) is 17.5 Å². The van der Waals surface area contributed by atoms with Crippen LogP contribution in [0.4, 0.5) is 0 Å². The van der Waals surface area contributed by atoms with Crippen molar-refractivity contribution < 1.29 is 17.9 Å². The van der Waals surface area contributed by atoms with Gasteiger partial charge in [0.15, 0.2) is 14.9 Å². The minimum Gasteiger partial charge on any atom is -0.456 e. The monoisotopic (exact) mass is 308 g/mol. The van der Waals surface area contributed by atoms with Crippen LogP contribution in [-0.4, -0.2) is 30.2 Å². The van der Waals surface area contributed by atoms with E-state index in [9.17, 15) is 13.2 Å². The van der Waals surface area contributed by atoms with E-state index in [2.05, 4.69) is 4.98 Å². The topological polar surface area (TPSA) is 78.3 Å². The van der Waals surface area contributed by atoms with Crippen LogP contribution in [0, 0.1) is 0 Å². The molecule has 2 aromatic heterocycles. The second-order valence-electron chi connectivity index (χ2n) is 5.16. The molecule has 0 fully saturated rings. The van der Waals surface area contributed by atoms with E-state index in [0.29, 0.717) is 24.8 Å². The second kappa shape index (κ2) is 4.84. The van der Waals surface area contributed by atoms with Crippen LogP contribution in [0.15, 0.2) is 23.4 Å². The first-order valence-corrected chi connectivity index (χ1v) is 8.68. The predicted octanol–water partition coefficient (Wildman–Crippen LogP) is 1.84. The predicted molar refractivity (Wildman–Crippen MR) is 76.6 cm³/mol. The van der Waals surface area contributed by atoms with Crippen molar-refractivity contribution in [2.75, 3.05) is 6.26 Å². The largest absolute Gasteiger partial charge is 0.456 e. The number of esters is 1. The first-order valence-electron chi connectivity index (χ1n) is 6.79. The van der Waals surface area contributed by atoms with Crippen LogP contribution in [0.25, 0.3) is 10.9 Å². The van der Waals surface area contributed by atoms with Gasteiger partial charge in [0.1, 0.15) is 6.10 Å². The third-order valence-corrected chi connectivity index (χ3v) is 4.71. The third-order valence-electron chi connectivity index (χ3n) is 3.68. The minimum absolute atomic E-state index is 0.0717. The van der Waals surface area contributed by atoms with Gasteiger partial charge in [-0.15, -0.1) is 0 Å². The Morgan fingerprint density at radius 3 is 2.95 bits per heavy atom. The quantitative estimate of drug-likeness (QED) is 0.808. The van der Waals surface area contributed by atoms with Gasteiger partial charge in [-0.2, -0.15) is 0 Å². The van der Waals surface area contributed by atoms with Crippen LogP contribution in [0.1, 0.15) is 31.6 Å². The third kappa shape index (κ3) is 2.31. The maximum Gasteiger partial charge on any atom is 0.306 e. The molecule has 0 N–H and O–H groups in total. The first-order chi connectivity index (χ1) is 9.91. The minimum atomic E-state index is -3.39. The van der Waals surface area contributed by atoms with Gasteiger partial charge in [0.2, 0.25) is 0 Å². The molecule has 3 rings (SSSR count). The summed E-state index contributed by atoms with van der Waals surface area (Å²) in [6.07, 6.45) is 3.38. The molecule has 1 unspecified atom stereocenters. The molecule has 1 aliphatic heterocycles. The molecule has 0 bridgehead atoms. The van der Waals surface area contributed by atoms with Crippen molar-refractivity contribution in [1.29, 1.82) is 0 Å². The fourth-order valence-corrected chi connectivity index (χ4v) is 3.56. The van der Waals surface area contributed by atoms with Crippen molar-refractivity contribution in [1.82, 2.24) is 9.55 Å². The first kappa shape index (κ1) is 14.1. The molecule has 0 radical (unpaired) electrons. The molecule has 0 amide bonds. The number of fused-ring (bicyclic) bond motifs is 3. The number of sulfone groups is 1. The lowest BCUT2D eigenvalue weighted by Crippen LogP contribution is -2.07. The molecule has 1 atom stereocenters. The molecular weight excluding hydrogens is 292 g/mol. The maximum absolute atomic E-state index is 11.8. The number of ether oxygens (including phenoxy) is 1. The van der Waals surface area contributed by atoms with Crippen molar-refractivity contribution in [2.45, 2.75) is 37.4 Å². The van der Waals surface area contributed by atoms with Gasteiger partial charge in [-0.05, 0) is 12.1 Å². The van der Waals surface area contributed by atoms with Crippen molar-refractivity contribution in [3.63, 3.8) is 0 Å². The summed E-state index contributed by atoms with van der Waals surface area (Å²) in [4.78, 5) is 15.5. The van der Waals surface area contributed by atoms with Gasteiger partial charge in [0.05, 0.1) is 11.2 Å². The normalized spacial score (nSPS) is 17.9. The van der Waals surface area contributed by atoms with Gasteiger partial charge in [0, 0.05) is 37.2 Å². The average Bonchev–Trinajstić information content (AvgIpc) is 2.97. The number of nitrogens with zero attached hydrogens (tertiary/aromatic N) is 2. The Morgan fingerprint density at radius 1 is 1.52 bits per heavy atom. The van der Waals surface area contributed by atoms with Gasteiger partial charge in [-0.3, -0.25) is 4.79 Å². The molecule has 0 saturated carbocycles. The highest BCUT2D eigenvalue weighted by atomic mass is 32.2. The van der Waals surface area contributed by atoms with Gasteiger partial charge < -0.3 is 9.30 Å². The van der Waals surface area contributed by atoms with Crippen LogP contribution in [0.5, 0.6) is 0 Å². The number of hydrogen-bond acceptors (Lipinski definition) is 5. The van der Waals surface area contributed by atoms with E-state index < -0.39 is 9.84 Å². The van der Waals surface area contributed by atoms with Gasteiger partial charge in [0.25, 0.3) is 0 Å². The Hall–Kier alpha value is -1.89. The van der Waals surface area contributed by atoms with Crippen LogP contribution >= 0.6 is 0 Å². The summed E-state index contributed by atoms with van der Waals surface area (Å²) >= 11 is 0. The summed E-state index contributed by atoms with van der Waals surface area (Å²) < 4.78 is 31.1. The Bertz CT molecular complexity index is 823. The van der Waals surface area contributed by atoms with Crippen molar-refractivity contribution >= 4 is 26.7 Å². The lowest BCUT2D eigenvalue weighted by atomic mass is 10.2. The molecule has 0 saturated heterocycles. The summed E-state index contributed by atoms with van der Waals surface area (Å²) in [7, 11) is -3.39. The van der Waals surface area contributed by atoms with Crippen molar-refractivity contribution in [2.24, 2.45) is 0 Å². The second-order valence-corrected chi connectivity index (χ2v) is 7.09. The zero-order valence-electron chi connectivity index (χ0n) is 11.9. The van der Waals surface area contributed by atoms with E-state index in [1.165, 1.54) is 6.20 Å². The zero-order valence-corrected chi connectivity index (χ0v) is 12.7. The lowest BCUT2D eigenvalue weighted by Gasteiger charge is -2.10. The highest BCUT2D eigenvalue weighted by Crippen LogP contribution is 2.36. The van der Waals surface area contributed by atoms with E-state index >= 15 is 0 Å². The molecule has 21 heavy (non-hydrogen) atoms. The smallest absolute Gasteiger partial charge is 0.306 e. The fraction of sp³-hybridized carbons (Fsp3) is 0.429. The molecule has 7 heteroatoms. The van der Waals surface area contributed by atoms with Crippen LogP contribution < -0.4 is 0 Å². The number of pyridine rings is 1. The Kier molecular flexibility index (Phi) is 3.24. The van der Waals surface area contributed by atoms with Crippen molar-refractivity contribution in [3.8, 4) is 0 Å². The highest BCUT2D eigenvalue weighted by molar-refractivity contribution is 7.90. The SMILES string of the molecule is CCC(=O)OC1CCn2c1cc1c(S(C)(=O)=O)nccc12. The number of aryl methyl sites for hydroxylation is 1. The molecule has 0 aromatic carbocycles. The lowest BCUT2D eigenvalue weighted by molar-refractivity contribution is -0.149. The van der Waals surface area contributed by atoms with Crippen LogP contribution in [-0.2, 0) is 25.9 Å². The van der Waals surface area contributed by atoms with E-state index in [-0.39, 0.29) is 17.1 Å². The molecule has 1 aliphatic rings. The maximum atomic E-state index is 11.8. The molecule has 0 aliphatic carbocycles. The molecule has 2 aromatic rings. The van der Waals surface area contributed by atoms with Crippen LogP contribution in [0.2, 0.25) is 0 Å². The van der Waals surface area contributed by atoms with Gasteiger partial charge in [-0.1, -0.05) is 6.92 Å². The fourth-order valence-electron chi connectivity index (χ4n) is 2.75. The van der Waals surface area contributed by atoms with E-state index in [1.54, 1.807) is 19.1 Å². The summed E-state index contributed by atoms with van der Waals surface area (Å²) in [5.41, 5.74) is 1.65. The molecule has 0 spiro atoms. The van der Waals surface area contributed by atoms with E-state index in [1.807, 2.05) is 4.57 Å². The Balaban J connectivity index is 2.13. The molecule has 112 valence electrons. The molecule has 3 heterocycles. The Labute approximate surface area is 122 Å². The number of hydrogen-bond donors (Lipinski definition) is 0.